The van der Waals surface area contributed by atoms with Crippen molar-refractivity contribution in [3.8, 4) is 0 Å². The Labute approximate surface area is 118 Å². The van der Waals surface area contributed by atoms with E-state index in [0.29, 0.717) is 11.8 Å². The molecule has 4 heteroatoms. The first-order chi connectivity index (χ1) is 8.97. The lowest BCUT2D eigenvalue weighted by Gasteiger charge is -2.27. The zero-order valence-electron chi connectivity index (χ0n) is 12.9. The normalized spacial score (nSPS) is 17.4. The average molecular weight is 269 g/mol. The molecule has 0 bridgehead atoms. The molecule has 1 amide bonds. The van der Waals surface area contributed by atoms with Crippen LogP contribution in [0.4, 0.5) is 0 Å². The maximum Gasteiger partial charge on any atom is 0.219 e. The molecule has 0 radical (unpaired) electrons. The number of nitrogens with zero attached hydrogens (tertiary/aromatic N) is 1. The second kappa shape index (κ2) is 8.54. The van der Waals surface area contributed by atoms with Gasteiger partial charge in [0.2, 0.25) is 5.91 Å². The summed E-state index contributed by atoms with van der Waals surface area (Å²) >= 11 is 0. The average Bonchev–Trinajstić information content (AvgIpc) is 2.34. The molecule has 4 nitrogen and oxygen atoms in total. The summed E-state index contributed by atoms with van der Waals surface area (Å²) < 4.78 is 0. The van der Waals surface area contributed by atoms with Crippen LogP contribution >= 0.6 is 0 Å². The van der Waals surface area contributed by atoms with Gasteiger partial charge in [-0.15, -0.1) is 0 Å². The highest BCUT2D eigenvalue weighted by Crippen LogP contribution is 2.21. The third-order valence-corrected chi connectivity index (χ3v) is 3.51. The van der Waals surface area contributed by atoms with Gasteiger partial charge in [0.05, 0.1) is 0 Å². The molecule has 112 valence electrons. The van der Waals surface area contributed by atoms with Crippen LogP contribution in [-0.4, -0.2) is 50.1 Å². The van der Waals surface area contributed by atoms with Crippen molar-refractivity contribution in [1.29, 1.82) is 0 Å². The number of nitrogens with one attached hydrogen (secondary N) is 2. The van der Waals surface area contributed by atoms with Crippen LogP contribution in [0.25, 0.3) is 0 Å². The van der Waals surface area contributed by atoms with E-state index in [-0.39, 0.29) is 5.91 Å². The van der Waals surface area contributed by atoms with Gasteiger partial charge in [0.25, 0.3) is 0 Å². The first-order valence-corrected chi connectivity index (χ1v) is 7.67. The van der Waals surface area contributed by atoms with Gasteiger partial charge in [-0.1, -0.05) is 20.8 Å². The van der Waals surface area contributed by atoms with E-state index in [4.69, 9.17) is 0 Å². The molecule has 0 aliphatic carbocycles. The van der Waals surface area contributed by atoms with Gasteiger partial charge in [-0.2, -0.15) is 0 Å². The highest BCUT2D eigenvalue weighted by atomic mass is 16.1. The summed E-state index contributed by atoms with van der Waals surface area (Å²) in [5.41, 5.74) is 0.336. The van der Waals surface area contributed by atoms with E-state index in [1.165, 1.54) is 0 Å². The Morgan fingerprint density at radius 1 is 1.21 bits per heavy atom. The fourth-order valence-corrected chi connectivity index (χ4v) is 2.33. The Hall–Kier alpha value is -0.610. The first-order valence-electron chi connectivity index (χ1n) is 7.67. The molecule has 0 spiro atoms. The van der Waals surface area contributed by atoms with E-state index < -0.39 is 0 Å². The maximum absolute atomic E-state index is 11.6. The van der Waals surface area contributed by atoms with Gasteiger partial charge in [0.1, 0.15) is 0 Å². The van der Waals surface area contributed by atoms with Gasteiger partial charge >= 0.3 is 0 Å². The van der Waals surface area contributed by atoms with Crippen molar-refractivity contribution in [2.24, 2.45) is 5.41 Å². The minimum Gasteiger partial charge on any atom is -0.356 e. The fourth-order valence-electron chi connectivity index (χ4n) is 2.33. The van der Waals surface area contributed by atoms with E-state index in [1.54, 1.807) is 0 Å². The summed E-state index contributed by atoms with van der Waals surface area (Å²) in [5, 5.41) is 6.37. The van der Waals surface area contributed by atoms with Gasteiger partial charge in [-0.3, -0.25) is 4.79 Å². The lowest BCUT2D eigenvalue weighted by molar-refractivity contribution is -0.121. The summed E-state index contributed by atoms with van der Waals surface area (Å²) in [6, 6.07) is 0. The number of amides is 1. The van der Waals surface area contributed by atoms with Gasteiger partial charge < -0.3 is 15.5 Å². The molecule has 0 saturated carbocycles. The van der Waals surface area contributed by atoms with Crippen LogP contribution in [0.15, 0.2) is 0 Å². The van der Waals surface area contributed by atoms with Gasteiger partial charge in [-0.25, -0.2) is 0 Å². The van der Waals surface area contributed by atoms with E-state index in [2.05, 4.69) is 36.3 Å². The largest absolute Gasteiger partial charge is 0.356 e. The van der Waals surface area contributed by atoms with Crippen LogP contribution in [0, 0.1) is 5.41 Å². The van der Waals surface area contributed by atoms with Crippen LogP contribution < -0.4 is 10.6 Å². The lowest BCUT2D eigenvalue weighted by atomic mass is 9.90. The van der Waals surface area contributed by atoms with Crippen LogP contribution in [-0.2, 0) is 4.79 Å². The molecule has 1 fully saturated rings. The van der Waals surface area contributed by atoms with Crippen molar-refractivity contribution in [1.82, 2.24) is 15.5 Å². The van der Waals surface area contributed by atoms with E-state index in [0.717, 1.165) is 58.5 Å². The third kappa shape index (κ3) is 9.00. The molecule has 0 aromatic carbocycles. The Bertz CT molecular complexity index is 255. The molecule has 0 aromatic heterocycles. The van der Waals surface area contributed by atoms with Crippen molar-refractivity contribution >= 4 is 5.91 Å². The number of hydrogen-bond donors (Lipinski definition) is 2. The van der Waals surface area contributed by atoms with Crippen LogP contribution in [0.3, 0.4) is 0 Å². The van der Waals surface area contributed by atoms with E-state index in [9.17, 15) is 4.79 Å². The topological polar surface area (TPSA) is 44.4 Å². The molecule has 19 heavy (non-hydrogen) atoms. The van der Waals surface area contributed by atoms with Gasteiger partial charge in [-0.05, 0) is 31.2 Å². The Balaban J connectivity index is 1.95. The summed E-state index contributed by atoms with van der Waals surface area (Å²) in [5.74, 6) is 0.213. The Morgan fingerprint density at radius 2 is 1.89 bits per heavy atom. The molecule has 1 heterocycles. The Morgan fingerprint density at radius 3 is 2.53 bits per heavy atom. The number of rotatable bonds is 7. The standard InChI is InChI=1S/C15H31N3O/c1-15(2,3)7-4-6-14(19)17-8-5-11-18-12-9-16-10-13-18/h16H,4-13H2,1-3H3,(H,17,19). The molecule has 1 rings (SSSR count). The summed E-state index contributed by atoms with van der Waals surface area (Å²) in [4.78, 5) is 14.1. The first kappa shape index (κ1) is 16.4. The zero-order valence-corrected chi connectivity index (χ0v) is 12.9. The van der Waals surface area contributed by atoms with Crippen molar-refractivity contribution in [3.63, 3.8) is 0 Å². The smallest absolute Gasteiger partial charge is 0.219 e. The maximum atomic E-state index is 11.6. The monoisotopic (exact) mass is 269 g/mol. The van der Waals surface area contributed by atoms with Crippen molar-refractivity contribution in [2.75, 3.05) is 39.3 Å². The molecule has 1 aliphatic heterocycles. The third-order valence-electron chi connectivity index (χ3n) is 3.51. The van der Waals surface area contributed by atoms with Crippen molar-refractivity contribution in [3.05, 3.63) is 0 Å². The predicted octanol–water partition coefficient (Wildman–Crippen LogP) is 1.61. The minimum atomic E-state index is 0.213. The number of carbonyl (C=O) groups excluding carboxylic acids is 1. The molecular weight excluding hydrogens is 238 g/mol. The molecular formula is C15H31N3O. The van der Waals surface area contributed by atoms with Gasteiger partial charge in [0, 0.05) is 39.1 Å². The number of piperazine rings is 1. The minimum absolute atomic E-state index is 0.213. The van der Waals surface area contributed by atoms with Crippen LogP contribution in [0.5, 0.6) is 0 Å². The van der Waals surface area contributed by atoms with E-state index >= 15 is 0 Å². The summed E-state index contributed by atoms with van der Waals surface area (Å²) in [6.45, 7) is 13.1. The van der Waals surface area contributed by atoms with Crippen molar-refractivity contribution < 1.29 is 4.79 Å². The molecule has 0 unspecified atom stereocenters. The summed E-state index contributed by atoms with van der Waals surface area (Å²) in [7, 11) is 0. The van der Waals surface area contributed by atoms with Crippen LogP contribution in [0.2, 0.25) is 0 Å². The predicted molar refractivity (Wildman–Crippen MR) is 80.2 cm³/mol. The fraction of sp³-hybridized carbons (Fsp3) is 0.933. The van der Waals surface area contributed by atoms with E-state index in [1.807, 2.05) is 0 Å². The lowest BCUT2D eigenvalue weighted by Crippen LogP contribution is -2.44. The SMILES string of the molecule is CC(C)(C)CCCC(=O)NCCCN1CCNCC1. The Kier molecular flexibility index (Phi) is 7.39. The van der Waals surface area contributed by atoms with Gasteiger partial charge in [0.15, 0.2) is 0 Å². The molecule has 2 N–H and O–H groups in total. The second-order valence-electron chi connectivity index (χ2n) is 6.71. The highest BCUT2D eigenvalue weighted by molar-refractivity contribution is 5.75. The number of hydrogen-bond acceptors (Lipinski definition) is 3. The molecule has 1 aliphatic rings. The molecule has 1 saturated heterocycles. The van der Waals surface area contributed by atoms with Crippen molar-refractivity contribution in [2.45, 2.75) is 46.5 Å². The second-order valence-corrected chi connectivity index (χ2v) is 6.71. The zero-order chi connectivity index (χ0) is 14.1. The quantitative estimate of drug-likeness (QED) is 0.690. The van der Waals surface area contributed by atoms with Crippen LogP contribution in [0.1, 0.15) is 46.5 Å². The molecule has 0 aromatic rings. The highest BCUT2D eigenvalue weighted by Gasteiger charge is 2.11. The number of carbonyl (C=O) groups is 1. The summed E-state index contributed by atoms with van der Waals surface area (Å²) in [6.07, 6.45) is 3.84. The molecule has 0 atom stereocenters.